The van der Waals surface area contributed by atoms with Crippen LogP contribution in [0, 0.1) is 11.6 Å². The molecule has 4 aromatic rings. The summed E-state index contributed by atoms with van der Waals surface area (Å²) < 4.78 is 36.2. The van der Waals surface area contributed by atoms with Gasteiger partial charge >= 0.3 is 0 Å². The van der Waals surface area contributed by atoms with Crippen molar-refractivity contribution in [2.75, 3.05) is 0 Å². The maximum Gasteiger partial charge on any atom is 0.137 e. The lowest BCUT2D eigenvalue weighted by atomic mass is 9.93. The molecule has 0 aliphatic rings. The first kappa shape index (κ1) is 19.6. The zero-order valence-corrected chi connectivity index (χ0v) is 15.8. The number of halogens is 2. The minimum atomic E-state index is -1.78. The van der Waals surface area contributed by atoms with Crippen LogP contribution in [0.3, 0.4) is 0 Å². The monoisotopic (exact) mass is 412 g/mol. The first-order chi connectivity index (χ1) is 14.5. The van der Waals surface area contributed by atoms with E-state index in [1.165, 1.54) is 28.1 Å². The van der Waals surface area contributed by atoms with Crippen LogP contribution >= 0.6 is 0 Å². The molecule has 0 bridgehead atoms. The molecule has 2 heterocycles. The quantitative estimate of drug-likeness (QED) is 0.478. The van der Waals surface area contributed by atoms with Crippen molar-refractivity contribution >= 4 is 0 Å². The van der Waals surface area contributed by atoms with Gasteiger partial charge in [0.1, 0.15) is 47.9 Å². The lowest BCUT2D eigenvalue weighted by Crippen LogP contribution is -2.37. The van der Waals surface area contributed by atoms with Gasteiger partial charge in [0.2, 0.25) is 0 Å². The molecule has 1 unspecified atom stereocenters. The summed E-state index contributed by atoms with van der Waals surface area (Å²) in [6, 6.07) is 12.2. The third-order valence-electron chi connectivity index (χ3n) is 4.46. The molecule has 4 rings (SSSR count). The molecular weight excluding hydrogens is 394 g/mol. The van der Waals surface area contributed by atoms with Gasteiger partial charge in [-0.1, -0.05) is 29.5 Å². The maximum atomic E-state index is 14.5. The molecule has 154 valence electrons. The zero-order valence-electron chi connectivity index (χ0n) is 15.8. The number of ether oxygens (including phenoxy) is 1. The predicted molar refractivity (Wildman–Crippen MR) is 101 cm³/mol. The maximum absolute atomic E-state index is 14.5. The Balaban J connectivity index is 1.55. The van der Waals surface area contributed by atoms with E-state index in [1.54, 1.807) is 6.20 Å². The second-order valence-corrected chi connectivity index (χ2v) is 6.76. The number of rotatable bonds is 8. The minimum Gasteiger partial charge on any atom is -0.487 e. The summed E-state index contributed by atoms with van der Waals surface area (Å²) >= 11 is 0. The van der Waals surface area contributed by atoms with Gasteiger partial charge < -0.3 is 9.84 Å². The van der Waals surface area contributed by atoms with Gasteiger partial charge in [-0.3, -0.25) is 0 Å². The second-order valence-electron chi connectivity index (χ2n) is 6.76. The van der Waals surface area contributed by atoms with Gasteiger partial charge in [-0.25, -0.2) is 23.1 Å². The number of hydrogen-bond donors (Lipinski definition) is 1. The van der Waals surface area contributed by atoms with Crippen LogP contribution in [0.1, 0.15) is 11.3 Å². The Bertz CT molecular complexity index is 1100. The smallest absolute Gasteiger partial charge is 0.137 e. The van der Waals surface area contributed by atoms with Gasteiger partial charge in [0.25, 0.3) is 0 Å². The van der Waals surface area contributed by atoms with Crippen LogP contribution in [0.25, 0.3) is 0 Å². The van der Waals surface area contributed by atoms with Gasteiger partial charge in [0.05, 0.1) is 19.3 Å². The highest BCUT2D eigenvalue weighted by molar-refractivity contribution is 5.25. The van der Waals surface area contributed by atoms with Crippen molar-refractivity contribution in [3.05, 3.63) is 90.3 Å². The van der Waals surface area contributed by atoms with E-state index in [0.717, 1.165) is 12.1 Å². The van der Waals surface area contributed by atoms with E-state index in [-0.39, 0.29) is 25.3 Å². The van der Waals surface area contributed by atoms with Crippen molar-refractivity contribution in [1.29, 1.82) is 0 Å². The summed E-state index contributed by atoms with van der Waals surface area (Å²) in [6.07, 6.45) is 4.29. The van der Waals surface area contributed by atoms with Gasteiger partial charge in [-0.05, 0) is 18.2 Å². The van der Waals surface area contributed by atoms with Crippen molar-refractivity contribution in [2.45, 2.75) is 25.3 Å². The fourth-order valence-corrected chi connectivity index (χ4v) is 3.09. The Morgan fingerprint density at radius 2 is 1.83 bits per heavy atom. The van der Waals surface area contributed by atoms with Crippen molar-refractivity contribution in [1.82, 2.24) is 29.8 Å². The third kappa shape index (κ3) is 4.49. The lowest BCUT2D eigenvalue weighted by Gasteiger charge is -2.28. The van der Waals surface area contributed by atoms with Crippen LogP contribution < -0.4 is 4.74 Å². The van der Waals surface area contributed by atoms with Crippen LogP contribution in [-0.4, -0.2) is 34.9 Å². The van der Waals surface area contributed by atoms with Crippen LogP contribution in [0.2, 0.25) is 0 Å². The van der Waals surface area contributed by atoms with Gasteiger partial charge in [-0.2, -0.15) is 5.10 Å². The van der Waals surface area contributed by atoms with Crippen molar-refractivity contribution < 1.29 is 18.6 Å². The Morgan fingerprint density at radius 1 is 1.03 bits per heavy atom. The highest BCUT2D eigenvalue weighted by Gasteiger charge is 2.34. The number of para-hydroxylation sites is 1. The fourth-order valence-electron chi connectivity index (χ4n) is 3.09. The minimum absolute atomic E-state index is 0.0861. The summed E-state index contributed by atoms with van der Waals surface area (Å²) in [4.78, 5) is 3.84. The molecule has 0 saturated heterocycles. The Kier molecular flexibility index (Phi) is 5.48. The topological polar surface area (TPSA) is 90.9 Å². The van der Waals surface area contributed by atoms with Crippen LogP contribution in [0.5, 0.6) is 5.75 Å². The molecular formula is C20H18F2N6O2. The van der Waals surface area contributed by atoms with E-state index in [2.05, 4.69) is 20.4 Å². The van der Waals surface area contributed by atoms with E-state index in [1.807, 2.05) is 30.3 Å². The predicted octanol–water partition coefficient (Wildman–Crippen LogP) is 2.31. The van der Waals surface area contributed by atoms with E-state index in [4.69, 9.17) is 4.74 Å². The Hall–Kier alpha value is -3.66. The molecule has 1 N–H and O–H groups in total. The number of benzene rings is 2. The van der Waals surface area contributed by atoms with E-state index >= 15 is 0 Å². The summed E-state index contributed by atoms with van der Waals surface area (Å²) in [5.74, 6) is -0.922. The summed E-state index contributed by atoms with van der Waals surface area (Å²) in [7, 11) is 0. The average molecular weight is 412 g/mol. The Morgan fingerprint density at radius 3 is 2.57 bits per heavy atom. The summed E-state index contributed by atoms with van der Waals surface area (Å²) in [5, 5.41) is 23.3. The normalized spacial score (nSPS) is 13.2. The highest BCUT2D eigenvalue weighted by atomic mass is 19.1. The summed E-state index contributed by atoms with van der Waals surface area (Å²) in [5.41, 5.74) is -1.34. The molecule has 2 aromatic carbocycles. The standard InChI is InChI=1S/C20H18F2N6O2/c21-15-6-7-18(19(22)8-15)20(29,12-28-14-23-13-24-28)11-27-9-16(25-26-27)10-30-17-4-2-1-3-5-17/h1-9,13-14,29H,10-12H2. The molecule has 0 spiro atoms. The SMILES string of the molecule is OC(Cn1cncn1)(Cn1cc(COc2ccccc2)nn1)c1ccc(F)cc1F. The molecule has 0 aliphatic carbocycles. The second kappa shape index (κ2) is 8.37. The van der Waals surface area contributed by atoms with Gasteiger partial charge in [-0.15, -0.1) is 5.10 Å². The van der Waals surface area contributed by atoms with Gasteiger partial charge in [0.15, 0.2) is 0 Å². The fraction of sp³-hybridized carbons (Fsp3) is 0.200. The van der Waals surface area contributed by atoms with Crippen LogP contribution in [-0.2, 0) is 25.3 Å². The molecule has 0 amide bonds. The van der Waals surface area contributed by atoms with Crippen molar-refractivity contribution in [3.8, 4) is 5.75 Å². The number of aliphatic hydroxyl groups is 1. The van der Waals surface area contributed by atoms with Crippen molar-refractivity contribution in [2.24, 2.45) is 0 Å². The number of nitrogens with zero attached hydrogens (tertiary/aromatic N) is 6. The molecule has 8 nitrogen and oxygen atoms in total. The molecule has 10 heteroatoms. The zero-order chi connectivity index (χ0) is 21.0. The largest absolute Gasteiger partial charge is 0.487 e. The first-order valence-electron chi connectivity index (χ1n) is 9.09. The molecule has 2 aromatic heterocycles. The van der Waals surface area contributed by atoms with Crippen LogP contribution in [0.4, 0.5) is 8.78 Å². The molecule has 0 aliphatic heterocycles. The van der Waals surface area contributed by atoms with E-state index < -0.39 is 17.2 Å². The van der Waals surface area contributed by atoms with Gasteiger partial charge in [0, 0.05) is 11.6 Å². The number of aromatic nitrogens is 6. The molecule has 30 heavy (non-hydrogen) atoms. The lowest BCUT2D eigenvalue weighted by molar-refractivity contribution is -0.00892. The van der Waals surface area contributed by atoms with Crippen LogP contribution in [0.15, 0.2) is 67.4 Å². The van der Waals surface area contributed by atoms with E-state index in [0.29, 0.717) is 11.4 Å². The molecule has 1 atom stereocenters. The van der Waals surface area contributed by atoms with Crippen molar-refractivity contribution in [3.63, 3.8) is 0 Å². The molecule has 0 saturated carbocycles. The summed E-state index contributed by atoms with van der Waals surface area (Å²) in [6.45, 7) is -0.0879. The highest BCUT2D eigenvalue weighted by Crippen LogP contribution is 2.28. The number of hydrogen-bond acceptors (Lipinski definition) is 6. The molecule has 0 radical (unpaired) electrons. The average Bonchev–Trinajstić information content (AvgIpc) is 3.39. The third-order valence-corrected chi connectivity index (χ3v) is 4.46. The first-order valence-corrected chi connectivity index (χ1v) is 9.09. The molecule has 0 fully saturated rings. The van der Waals surface area contributed by atoms with E-state index in [9.17, 15) is 13.9 Å². The Labute approximate surface area is 170 Å².